The summed E-state index contributed by atoms with van der Waals surface area (Å²) in [7, 11) is 0. The van der Waals surface area contributed by atoms with Crippen molar-refractivity contribution >= 4 is 0 Å². The first-order chi connectivity index (χ1) is 6.09. The quantitative estimate of drug-likeness (QED) is 0.781. The van der Waals surface area contributed by atoms with Crippen LogP contribution in [-0.4, -0.2) is 12.6 Å². The molecule has 4 heteroatoms. The van der Waals surface area contributed by atoms with Crippen LogP contribution < -0.4 is 10.5 Å². The van der Waals surface area contributed by atoms with E-state index in [0.717, 1.165) is 12.1 Å². The van der Waals surface area contributed by atoms with Gasteiger partial charge in [0.1, 0.15) is 12.4 Å². The Kier molecular flexibility index (Phi) is 3.19. The van der Waals surface area contributed by atoms with Gasteiger partial charge in [0.25, 0.3) is 0 Å². The maximum absolute atomic E-state index is 12.6. The second-order valence-corrected chi connectivity index (χ2v) is 2.86. The highest BCUT2D eigenvalue weighted by Crippen LogP contribution is 2.15. The van der Waals surface area contributed by atoms with Crippen LogP contribution in [0, 0.1) is 11.6 Å². The largest absolute Gasteiger partial charge is 0.492 e. The van der Waals surface area contributed by atoms with Crippen molar-refractivity contribution in [1.29, 1.82) is 0 Å². The van der Waals surface area contributed by atoms with Crippen LogP contribution in [0.15, 0.2) is 18.2 Å². The molecule has 0 saturated carbocycles. The van der Waals surface area contributed by atoms with Gasteiger partial charge in [0.05, 0.1) is 0 Å². The van der Waals surface area contributed by atoms with Crippen LogP contribution in [-0.2, 0) is 0 Å². The zero-order valence-electron chi connectivity index (χ0n) is 7.26. The average molecular weight is 187 g/mol. The predicted octanol–water partition coefficient (Wildman–Crippen LogP) is 1.69. The highest BCUT2D eigenvalue weighted by atomic mass is 19.2. The fourth-order valence-corrected chi connectivity index (χ4v) is 0.794. The van der Waals surface area contributed by atoms with E-state index >= 15 is 0 Å². The molecule has 0 heterocycles. The van der Waals surface area contributed by atoms with E-state index < -0.39 is 11.6 Å². The molecule has 1 aromatic rings. The lowest BCUT2D eigenvalue weighted by molar-refractivity contribution is 0.294. The molecule has 0 aromatic heterocycles. The molecule has 0 unspecified atom stereocenters. The van der Waals surface area contributed by atoms with Crippen molar-refractivity contribution < 1.29 is 13.5 Å². The Morgan fingerprint density at radius 2 is 2.08 bits per heavy atom. The molecule has 0 bridgehead atoms. The number of benzene rings is 1. The minimum atomic E-state index is -0.915. The monoisotopic (exact) mass is 187 g/mol. The summed E-state index contributed by atoms with van der Waals surface area (Å²) < 4.78 is 30.1. The van der Waals surface area contributed by atoms with Gasteiger partial charge in [-0.15, -0.1) is 0 Å². The minimum absolute atomic E-state index is 0.131. The second-order valence-electron chi connectivity index (χ2n) is 2.86. The molecule has 0 radical (unpaired) electrons. The maximum atomic E-state index is 12.6. The van der Waals surface area contributed by atoms with Crippen molar-refractivity contribution in [2.45, 2.75) is 13.0 Å². The molecule has 72 valence electrons. The predicted molar refractivity (Wildman–Crippen MR) is 45.5 cm³/mol. The molecule has 13 heavy (non-hydrogen) atoms. The fourth-order valence-electron chi connectivity index (χ4n) is 0.794. The van der Waals surface area contributed by atoms with Crippen molar-refractivity contribution in [3.05, 3.63) is 29.8 Å². The van der Waals surface area contributed by atoms with Gasteiger partial charge in [-0.2, -0.15) is 0 Å². The first kappa shape index (κ1) is 9.92. The Morgan fingerprint density at radius 3 is 2.62 bits per heavy atom. The Morgan fingerprint density at radius 1 is 1.38 bits per heavy atom. The van der Waals surface area contributed by atoms with Crippen LogP contribution >= 0.6 is 0 Å². The normalized spacial score (nSPS) is 12.6. The summed E-state index contributed by atoms with van der Waals surface area (Å²) in [6.45, 7) is 2.05. The van der Waals surface area contributed by atoms with E-state index in [1.54, 1.807) is 6.92 Å². The van der Waals surface area contributed by atoms with Crippen LogP contribution in [0.25, 0.3) is 0 Å². The summed E-state index contributed by atoms with van der Waals surface area (Å²) >= 11 is 0. The summed E-state index contributed by atoms with van der Waals surface area (Å²) in [5.41, 5.74) is 5.42. The average Bonchev–Trinajstić information content (AvgIpc) is 2.07. The standard InChI is InChI=1S/C9H11F2NO/c1-6(12)5-13-7-2-3-8(10)9(11)4-7/h2-4,6H,5,12H2,1H3/t6-/m0/s1. The van der Waals surface area contributed by atoms with E-state index in [1.165, 1.54) is 6.07 Å². The molecule has 0 amide bonds. The van der Waals surface area contributed by atoms with Gasteiger partial charge in [-0.1, -0.05) is 0 Å². The number of ether oxygens (including phenoxy) is 1. The SMILES string of the molecule is C[C@H](N)COc1ccc(F)c(F)c1. The summed E-state index contributed by atoms with van der Waals surface area (Å²) in [6, 6.07) is 3.25. The van der Waals surface area contributed by atoms with Crippen molar-refractivity contribution in [2.75, 3.05) is 6.61 Å². The van der Waals surface area contributed by atoms with Gasteiger partial charge in [0.2, 0.25) is 0 Å². The van der Waals surface area contributed by atoms with E-state index in [2.05, 4.69) is 0 Å². The highest BCUT2D eigenvalue weighted by molar-refractivity contribution is 5.23. The van der Waals surface area contributed by atoms with Crippen LogP contribution in [0.4, 0.5) is 8.78 Å². The first-order valence-corrected chi connectivity index (χ1v) is 3.93. The number of hydrogen-bond acceptors (Lipinski definition) is 2. The third-order valence-corrected chi connectivity index (χ3v) is 1.40. The Labute approximate surface area is 75.3 Å². The van der Waals surface area contributed by atoms with Crippen molar-refractivity contribution in [3.63, 3.8) is 0 Å². The molecule has 2 N–H and O–H groups in total. The van der Waals surface area contributed by atoms with Crippen LogP contribution in [0.2, 0.25) is 0 Å². The lowest BCUT2D eigenvalue weighted by atomic mass is 10.3. The molecule has 1 aromatic carbocycles. The van der Waals surface area contributed by atoms with Gasteiger partial charge in [0.15, 0.2) is 11.6 Å². The molecular weight excluding hydrogens is 176 g/mol. The van der Waals surface area contributed by atoms with E-state index in [-0.39, 0.29) is 18.4 Å². The minimum Gasteiger partial charge on any atom is -0.492 e. The molecule has 1 rings (SSSR count). The zero-order valence-corrected chi connectivity index (χ0v) is 7.26. The van der Waals surface area contributed by atoms with Crippen LogP contribution in [0.1, 0.15) is 6.92 Å². The van der Waals surface area contributed by atoms with E-state index in [9.17, 15) is 8.78 Å². The summed E-state index contributed by atoms with van der Waals surface area (Å²) in [5.74, 6) is -1.51. The molecule has 0 aliphatic heterocycles. The van der Waals surface area contributed by atoms with Crippen molar-refractivity contribution in [3.8, 4) is 5.75 Å². The summed E-state index contributed by atoms with van der Waals surface area (Å²) in [5, 5.41) is 0. The van der Waals surface area contributed by atoms with Gasteiger partial charge in [-0.3, -0.25) is 0 Å². The maximum Gasteiger partial charge on any atom is 0.162 e. The molecule has 0 aliphatic carbocycles. The van der Waals surface area contributed by atoms with Crippen LogP contribution in [0.3, 0.4) is 0 Å². The topological polar surface area (TPSA) is 35.2 Å². The molecule has 0 fully saturated rings. The fraction of sp³-hybridized carbons (Fsp3) is 0.333. The molecule has 0 aliphatic rings. The zero-order chi connectivity index (χ0) is 9.84. The van der Waals surface area contributed by atoms with Crippen LogP contribution in [0.5, 0.6) is 5.75 Å². The molecular formula is C9H11F2NO. The molecule has 2 nitrogen and oxygen atoms in total. The van der Waals surface area contributed by atoms with Gasteiger partial charge >= 0.3 is 0 Å². The third kappa shape index (κ3) is 2.99. The molecule has 1 atom stereocenters. The summed E-state index contributed by atoms with van der Waals surface area (Å²) in [4.78, 5) is 0. The van der Waals surface area contributed by atoms with E-state index in [0.29, 0.717) is 0 Å². The van der Waals surface area contributed by atoms with E-state index in [1.807, 2.05) is 0 Å². The summed E-state index contributed by atoms with van der Waals surface area (Å²) in [6.07, 6.45) is 0. The lowest BCUT2D eigenvalue weighted by Gasteiger charge is -2.08. The Bertz CT molecular complexity index is 289. The van der Waals surface area contributed by atoms with Gasteiger partial charge in [-0.05, 0) is 19.1 Å². The van der Waals surface area contributed by atoms with Gasteiger partial charge < -0.3 is 10.5 Å². The van der Waals surface area contributed by atoms with Crippen molar-refractivity contribution in [2.24, 2.45) is 5.73 Å². The molecule has 0 saturated heterocycles. The highest BCUT2D eigenvalue weighted by Gasteiger charge is 2.03. The smallest absolute Gasteiger partial charge is 0.162 e. The Hall–Kier alpha value is -1.16. The van der Waals surface area contributed by atoms with Gasteiger partial charge in [-0.25, -0.2) is 8.78 Å². The first-order valence-electron chi connectivity index (χ1n) is 3.93. The Balaban J connectivity index is 2.63. The number of halogens is 2. The number of nitrogens with two attached hydrogens (primary N) is 1. The number of rotatable bonds is 3. The van der Waals surface area contributed by atoms with Crippen molar-refractivity contribution in [1.82, 2.24) is 0 Å². The molecule has 0 spiro atoms. The lowest BCUT2D eigenvalue weighted by Crippen LogP contribution is -2.23. The van der Waals surface area contributed by atoms with E-state index in [4.69, 9.17) is 10.5 Å². The van der Waals surface area contributed by atoms with Gasteiger partial charge in [0, 0.05) is 12.1 Å². The second kappa shape index (κ2) is 4.18. The number of hydrogen-bond donors (Lipinski definition) is 1. The third-order valence-electron chi connectivity index (χ3n) is 1.40.